The predicted octanol–water partition coefficient (Wildman–Crippen LogP) is 4.66. The summed E-state index contributed by atoms with van der Waals surface area (Å²) < 4.78 is 0. The van der Waals surface area contributed by atoms with Crippen molar-refractivity contribution >= 4 is 23.4 Å². The summed E-state index contributed by atoms with van der Waals surface area (Å²) in [5.74, 6) is -0.245. The average Bonchev–Trinajstić information content (AvgIpc) is 2.79. The maximum atomic E-state index is 13.5. The number of hydrogen-bond acceptors (Lipinski definition) is 2. The quantitative estimate of drug-likeness (QED) is 0.532. The fourth-order valence-electron chi connectivity index (χ4n) is 3.50. The van der Waals surface area contributed by atoms with Crippen LogP contribution in [0.3, 0.4) is 0 Å². The van der Waals surface area contributed by atoms with E-state index in [0.717, 1.165) is 16.7 Å². The van der Waals surface area contributed by atoms with E-state index in [4.69, 9.17) is 11.6 Å². The molecule has 0 saturated carbocycles. The highest BCUT2D eigenvalue weighted by Crippen LogP contribution is 2.17. The van der Waals surface area contributed by atoms with Gasteiger partial charge in [0.05, 0.1) is 6.42 Å². The van der Waals surface area contributed by atoms with Gasteiger partial charge in [-0.1, -0.05) is 84.4 Å². The fourth-order valence-corrected chi connectivity index (χ4v) is 3.63. The second-order valence-corrected chi connectivity index (χ2v) is 7.85. The van der Waals surface area contributed by atoms with Crippen molar-refractivity contribution in [1.29, 1.82) is 0 Å². The lowest BCUT2D eigenvalue weighted by Crippen LogP contribution is -2.50. The molecule has 0 radical (unpaired) electrons. The molecule has 0 aliphatic carbocycles. The summed E-state index contributed by atoms with van der Waals surface area (Å²) in [4.78, 5) is 28.2. The smallest absolute Gasteiger partial charge is 0.243 e. The largest absolute Gasteiger partial charge is 0.355 e. The predicted molar refractivity (Wildman–Crippen MR) is 125 cm³/mol. The molecule has 160 valence electrons. The zero-order valence-electron chi connectivity index (χ0n) is 17.6. The average molecular weight is 435 g/mol. The Morgan fingerprint density at radius 1 is 0.839 bits per heavy atom. The van der Waals surface area contributed by atoms with Crippen LogP contribution in [0.2, 0.25) is 5.02 Å². The van der Waals surface area contributed by atoms with E-state index in [0.29, 0.717) is 24.5 Å². The summed E-state index contributed by atoms with van der Waals surface area (Å²) in [7, 11) is 0. The number of amides is 2. The second kappa shape index (κ2) is 11.3. The van der Waals surface area contributed by atoms with Crippen LogP contribution in [0.1, 0.15) is 23.6 Å². The summed E-state index contributed by atoms with van der Waals surface area (Å²) in [5.41, 5.74) is 2.85. The molecule has 2 amide bonds. The van der Waals surface area contributed by atoms with Gasteiger partial charge < -0.3 is 10.2 Å². The molecule has 1 N–H and O–H groups in total. The lowest BCUT2D eigenvalue weighted by molar-refractivity contribution is -0.140. The topological polar surface area (TPSA) is 49.4 Å². The molecule has 0 heterocycles. The highest BCUT2D eigenvalue weighted by atomic mass is 35.5. The van der Waals surface area contributed by atoms with E-state index in [2.05, 4.69) is 5.32 Å². The van der Waals surface area contributed by atoms with Crippen molar-refractivity contribution in [3.05, 3.63) is 107 Å². The maximum absolute atomic E-state index is 13.5. The molecule has 3 aromatic carbocycles. The molecule has 0 saturated heterocycles. The molecule has 1 atom stereocenters. The summed E-state index contributed by atoms with van der Waals surface area (Å²) >= 11 is 5.99. The van der Waals surface area contributed by atoms with E-state index in [1.165, 1.54) is 0 Å². The van der Waals surface area contributed by atoms with E-state index >= 15 is 0 Å². The van der Waals surface area contributed by atoms with Gasteiger partial charge in [-0.05, 0) is 35.7 Å². The molecule has 5 heteroatoms. The van der Waals surface area contributed by atoms with Crippen molar-refractivity contribution < 1.29 is 9.59 Å². The highest BCUT2D eigenvalue weighted by molar-refractivity contribution is 6.30. The molecule has 0 bridgehead atoms. The zero-order valence-corrected chi connectivity index (χ0v) is 18.4. The molecule has 3 aromatic rings. The number of rotatable bonds is 9. The van der Waals surface area contributed by atoms with Crippen molar-refractivity contribution in [3.8, 4) is 0 Å². The van der Waals surface area contributed by atoms with Crippen LogP contribution in [-0.4, -0.2) is 29.3 Å². The van der Waals surface area contributed by atoms with Crippen LogP contribution in [0.4, 0.5) is 0 Å². The second-order valence-electron chi connectivity index (χ2n) is 7.41. The Balaban J connectivity index is 1.92. The highest BCUT2D eigenvalue weighted by Gasteiger charge is 2.30. The Morgan fingerprint density at radius 2 is 1.42 bits per heavy atom. The first-order chi connectivity index (χ1) is 15.1. The number of halogens is 1. The molecule has 31 heavy (non-hydrogen) atoms. The van der Waals surface area contributed by atoms with Crippen molar-refractivity contribution in [3.63, 3.8) is 0 Å². The van der Waals surface area contributed by atoms with Gasteiger partial charge in [0.1, 0.15) is 6.04 Å². The van der Waals surface area contributed by atoms with Gasteiger partial charge in [0, 0.05) is 24.5 Å². The minimum Gasteiger partial charge on any atom is -0.355 e. The minimum absolute atomic E-state index is 0.0987. The summed E-state index contributed by atoms with van der Waals surface area (Å²) in [5, 5.41) is 3.53. The summed E-state index contributed by atoms with van der Waals surface area (Å²) in [6, 6.07) is 26.2. The van der Waals surface area contributed by atoms with Crippen molar-refractivity contribution in [1.82, 2.24) is 10.2 Å². The lowest BCUT2D eigenvalue weighted by atomic mass is 10.0. The Hall–Kier alpha value is -3.11. The van der Waals surface area contributed by atoms with Gasteiger partial charge in [0.15, 0.2) is 0 Å². The molecule has 0 aliphatic rings. The third-order valence-corrected chi connectivity index (χ3v) is 5.34. The van der Waals surface area contributed by atoms with Gasteiger partial charge in [0.25, 0.3) is 0 Å². The first kappa shape index (κ1) is 22.6. The SMILES string of the molecule is CCNC(=O)[C@@H](Cc1ccccc1)N(Cc1ccccc1)C(=O)Cc1ccc(Cl)cc1. The van der Waals surface area contributed by atoms with Crippen LogP contribution >= 0.6 is 11.6 Å². The Labute approximate surface area is 188 Å². The Bertz CT molecular complexity index is 975. The first-order valence-electron chi connectivity index (χ1n) is 10.5. The number of likely N-dealkylation sites (N-methyl/N-ethyl adjacent to an activating group) is 1. The van der Waals surface area contributed by atoms with Gasteiger partial charge in [-0.25, -0.2) is 0 Å². The first-order valence-corrected chi connectivity index (χ1v) is 10.8. The molecule has 0 aromatic heterocycles. The molecule has 4 nitrogen and oxygen atoms in total. The van der Waals surface area contributed by atoms with Gasteiger partial charge in [-0.2, -0.15) is 0 Å². The van der Waals surface area contributed by atoms with Crippen LogP contribution < -0.4 is 5.32 Å². The Kier molecular flexibility index (Phi) is 8.25. The third kappa shape index (κ3) is 6.69. The fraction of sp³-hybridized carbons (Fsp3) is 0.231. The summed E-state index contributed by atoms with van der Waals surface area (Å²) in [6.07, 6.45) is 0.653. The van der Waals surface area contributed by atoms with Gasteiger partial charge in [0.2, 0.25) is 11.8 Å². The minimum atomic E-state index is -0.609. The van der Waals surface area contributed by atoms with E-state index in [-0.39, 0.29) is 18.2 Å². The number of nitrogens with one attached hydrogen (secondary N) is 1. The number of carbonyl (C=O) groups is 2. The molecule has 0 spiro atoms. The van der Waals surface area contributed by atoms with Gasteiger partial charge in [-0.3, -0.25) is 9.59 Å². The lowest BCUT2D eigenvalue weighted by Gasteiger charge is -2.31. The van der Waals surface area contributed by atoms with E-state index in [9.17, 15) is 9.59 Å². The van der Waals surface area contributed by atoms with Crippen LogP contribution in [-0.2, 0) is 29.0 Å². The van der Waals surface area contributed by atoms with Crippen LogP contribution in [0.15, 0.2) is 84.9 Å². The molecular formula is C26H27ClN2O2. The number of hydrogen-bond donors (Lipinski definition) is 1. The van der Waals surface area contributed by atoms with E-state index in [1.54, 1.807) is 17.0 Å². The number of benzene rings is 3. The normalized spacial score (nSPS) is 11.5. The van der Waals surface area contributed by atoms with E-state index in [1.807, 2.05) is 79.7 Å². The van der Waals surface area contributed by atoms with Crippen molar-refractivity contribution in [2.75, 3.05) is 6.54 Å². The summed E-state index contributed by atoms with van der Waals surface area (Å²) in [6.45, 7) is 2.76. The van der Waals surface area contributed by atoms with Crippen LogP contribution in [0.25, 0.3) is 0 Å². The molecule has 0 aliphatic heterocycles. The molecule has 0 unspecified atom stereocenters. The molecule has 0 fully saturated rings. The van der Waals surface area contributed by atoms with Crippen molar-refractivity contribution in [2.24, 2.45) is 0 Å². The zero-order chi connectivity index (χ0) is 22.1. The van der Waals surface area contributed by atoms with Crippen LogP contribution in [0, 0.1) is 0 Å². The number of nitrogens with zero attached hydrogens (tertiary/aromatic N) is 1. The monoisotopic (exact) mass is 434 g/mol. The van der Waals surface area contributed by atoms with Crippen LogP contribution in [0.5, 0.6) is 0 Å². The number of carbonyl (C=O) groups excluding carboxylic acids is 2. The molecular weight excluding hydrogens is 408 g/mol. The van der Waals surface area contributed by atoms with Crippen molar-refractivity contribution in [2.45, 2.75) is 32.4 Å². The Morgan fingerprint density at radius 3 is 2.00 bits per heavy atom. The standard InChI is InChI=1S/C26H27ClN2O2/c1-2-28-26(31)24(17-20-9-5-3-6-10-20)29(19-22-11-7-4-8-12-22)25(30)18-21-13-15-23(27)16-14-21/h3-16,24H,2,17-19H2,1H3,(H,28,31)/t24-/m1/s1. The van der Waals surface area contributed by atoms with Gasteiger partial charge >= 0.3 is 0 Å². The third-order valence-electron chi connectivity index (χ3n) is 5.09. The maximum Gasteiger partial charge on any atom is 0.243 e. The molecule has 3 rings (SSSR count). The van der Waals surface area contributed by atoms with E-state index < -0.39 is 6.04 Å². The van der Waals surface area contributed by atoms with Gasteiger partial charge in [-0.15, -0.1) is 0 Å².